The number of nitrogens with zero attached hydrogens (tertiary/aromatic N) is 2. The number of carbonyl (C=O) groups is 2. The minimum absolute atomic E-state index is 0.138. The minimum Gasteiger partial charge on any atom is -0.335 e. The number of piperazine rings is 1. The molecule has 1 aromatic carbocycles. The van der Waals surface area contributed by atoms with E-state index in [0.717, 1.165) is 25.7 Å². The van der Waals surface area contributed by atoms with Crippen molar-refractivity contribution in [2.45, 2.75) is 56.0 Å². The van der Waals surface area contributed by atoms with Crippen LogP contribution in [0.5, 0.6) is 0 Å². The largest absolute Gasteiger partial charge is 0.335 e. The molecule has 0 unspecified atom stereocenters. The first kappa shape index (κ1) is 21.7. The zero-order valence-electron chi connectivity index (χ0n) is 16.8. The van der Waals surface area contributed by atoms with Crippen LogP contribution in [-0.4, -0.2) is 67.8 Å². The van der Waals surface area contributed by atoms with Crippen LogP contribution in [0, 0.1) is 0 Å². The lowest BCUT2D eigenvalue weighted by molar-refractivity contribution is -0.125. The van der Waals surface area contributed by atoms with Crippen molar-refractivity contribution in [3.63, 3.8) is 0 Å². The fraction of sp³-hybridized carbons (Fsp3) is 0.600. The van der Waals surface area contributed by atoms with Crippen LogP contribution in [0.2, 0.25) is 0 Å². The molecule has 1 aliphatic carbocycles. The molecular formula is C20H30N4O4S. The molecule has 1 aromatic rings. The van der Waals surface area contributed by atoms with Crippen molar-refractivity contribution in [2.75, 3.05) is 26.2 Å². The standard InChI is InChI=1S/C20H30N4O4S/c1-16(19(25)22-20(26)21-17-8-4-2-5-9-17)23-12-14-24(15-13-23)29(27,28)18-10-6-3-7-11-18/h3,6-7,10-11,16-17H,2,4-5,8-9,12-15H2,1H3,(H2,21,22,25,26)/t16-/m1/s1. The highest BCUT2D eigenvalue weighted by Gasteiger charge is 2.32. The van der Waals surface area contributed by atoms with E-state index in [1.165, 1.54) is 10.7 Å². The normalized spacial score (nSPS) is 20.7. The predicted octanol–water partition coefficient (Wildman–Crippen LogP) is 1.54. The fourth-order valence-corrected chi connectivity index (χ4v) is 5.37. The molecule has 1 saturated carbocycles. The van der Waals surface area contributed by atoms with Crippen molar-refractivity contribution in [1.82, 2.24) is 19.8 Å². The van der Waals surface area contributed by atoms with Gasteiger partial charge in [0.2, 0.25) is 15.9 Å². The van der Waals surface area contributed by atoms with Gasteiger partial charge in [-0.25, -0.2) is 13.2 Å². The number of carbonyl (C=O) groups excluding carboxylic acids is 2. The molecule has 0 spiro atoms. The molecule has 1 atom stereocenters. The van der Waals surface area contributed by atoms with E-state index in [-0.39, 0.29) is 16.8 Å². The minimum atomic E-state index is -3.52. The first-order chi connectivity index (χ1) is 13.9. The number of hydrogen-bond donors (Lipinski definition) is 2. The van der Waals surface area contributed by atoms with E-state index in [2.05, 4.69) is 10.6 Å². The lowest BCUT2D eigenvalue weighted by atomic mass is 9.96. The second-order valence-electron chi connectivity index (χ2n) is 7.73. The predicted molar refractivity (Wildman–Crippen MR) is 110 cm³/mol. The Kier molecular flexibility index (Phi) is 7.26. The summed E-state index contributed by atoms with van der Waals surface area (Å²) in [6, 6.07) is 7.54. The summed E-state index contributed by atoms with van der Waals surface area (Å²) in [6.07, 6.45) is 5.31. The first-order valence-electron chi connectivity index (χ1n) is 10.3. The Balaban J connectivity index is 1.48. The Hall–Kier alpha value is -1.97. The van der Waals surface area contributed by atoms with Crippen molar-refractivity contribution in [1.29, 1.82) is 0 Å². The van der Waals surface area contributed by atoms with Gasteiger partial charge in [0.1, 0.15) is 0 Å². The molecule has 2 aliphatic rings. The summed E-state index contributed by atoms with van der Waals surface area (Å²) in [5, 5.41) is 5.30. The Morgan fingerprint density at radius 3 is 2.24 bits per heavy atom. The number of rotatable bonds is 5. The SMILES string of the molecule is C[C@H](C(=O)NC(=O)NC1CCCCC1)N1CCN(S(=O)(=O)c2ccccc2)CC1. The van der Waals surface area contributed by atoms with E-state index in [1.807, 2.05) is 4.90 Å². The third-order valence-corrected chi connectivity index (χ3v) is 7.67. The molecule has 2 N–H and O–H groups in total. The van der Waals surface area contributed by atoms with E-state index in [1.54, 1.807) is 37.3 Å². The molecular weight excluding hydrogens is 392 g/mol. The van der Waals surface area contributed by atoms with Gasteiger partial charge in [-0.15, -0.1) is 0 Å². The lowest BCUT2D eigenvalue weighted by Crippen LogP contribution is -2.56. The van der Waals surface area contributed by atoms with Crippen LogP contribution in [-0.2, 0) is 14.8 Å². The Labute approximate surface area is 172 Å². The van der Waals surface area contributed by atoms with Crippen LogP contribution in [0.25, 0.3) is 0 Å². The number of nitrogens with one attached hydrogen (secondary N) is 2. The summed E-state index contributed by atoms with van der Waals surface area (Å²) in [5.74, 6) is -0.363. The quantitative estimate of drug-likeness (QED) is 0.750. The van der Waals surface area contributed by atoms with Crippen molar-refractivity contribution in [3.8, 4) is 0 Å². The molecule has 160 valence electrons. The van der Waals surface area contributed by atoms with E-state index in [9.17, 15) is 18.0 Å². The number of amides is 3. The molecule has 0 bridgehead atoms. The Bertz CT molecular complexity index is 801. The van der Waals surface area contributed by atoms with E-state index >= 15 is 0 Å². The summed E-state index contributed by atoms with van der Waals surface area (Å²) >= 11 is 0. The number of urea groups is 1. The molecule has 0 aromatic heterocycles. The molecule has 1 aliphatic heterocycles. The Morgan fingerprint density at radius 2 is 1.62 bits per heavy atom. The summed E-state index contributed by atoms with van der Waals surface area (Å²) in [5.41, 5.74) is 0. The molecule has 9 heteroatoms. The van der Waals surface area contributed by atoms with E-state index in [4.69, 9.17) is 0 Å². The third kappa shape index (κ3) is 5.55. The molecule has 1 saturated heterocycles. The summed E-state index contributed by atoms with van der Waals surface area (Å²) in [7, 11) is -3.52. The molecule has 29 heavy (non-hydrogen) atoms. The van der Waals surface area contributed by atoms with Crippen molar-refractivity contribution < 1.29 is 18.0 Å². The van der Waals surface area contributed by atoms with Crippen LogP contribution >= 0.6 is 0 Å². The molecule has 2 fully saturated rings. The average molecular weight is 423 g/mol. The fourth-order valence-electron chi connectivity index (χ4n) is 3.92. The van der Waals surface area contributed by atoms with Crippen LogP contribution in [0.1, 0.15) is 39.0 Å². The number of hydrogen-bond acceptors (Lipinski definition) is 5. The zero-order valence-corrected chi connectivity index (χ0v) is 17.7. The van der Waals surface area contributed by atoms with Gasteiger partial charge in [0.05, 0.1) is 10.9 Å². The van der Waals surface area contributed by atoms with Gasteiger partial charge in [-0.2, -0.15) is 4.31 Å². The number of sulfonamides is 1. The van der Waals surface area contributed by atoms with Crippen LogP contribution in [0.15, 0.2) is 35.2 Å². The summed E-state index contributed by atoms with van der Waals surface area (Å²) in [6.45, 7) is 3.23. The van der Waals surface area contributed by atoms with Crippen LogP contribution in [0.3, 0.4) is 0 Å². The molecule has 0 radical (unpaired) electrons. The van der Waals surface area contributed by atoms with Gasteiger partial charge >= 0.3 is 6.03 Å². The van der Waals surface area contributed by atoms with Gasteiger partial charge in [-0.05, 0) is 31.9 Å². The highest BCUT2D eigenvalue weighted by atomic mass is 32.2. The van der Waals surface area contributed by atoms with Gasteiger partial charge in [-0.3, -0.25) is 15.0 Å². The van der Waals surface area contributed by atoms with E-state index in [0.29, 0.717) is 26.2 Å². The number of imide groups is 1. The monoisotopic (exact) mass is 422 g/mol. The van der Waals surface area contributed by atoms with Gasteiger partial charge in [-0.1, -0.05) is 37.5 Å². The molecule has 8 nitrogen and oxygen atoms in total. The van der Waals surface area contributed by atoms with Crippen molar-refractivity contribution >= 4 is 22.0 Å². The second kappa shape index (κ2) is 9.69. The zero-order chi connectivity index (χ0) is 20.9. The second-order valence-corrected chi connectivity index (χ2v) is 9.66. The topological polar surface area (TPSA) is 98.8 Å². The highest BCUT2D eigenvalue weighted by molar-refractivity contribution is 7.89. The van der Waals surface area contributed by atoms with Crippen LogP contribution in [0.4, 0.5) is 4.79 Å². The van der Waals surface area contributed by atoms with Crippen molar-refractivity contribution in [2.24, 2.45) is 0 Å². The molecule has 3 amide bonds. The van der Waals surface area contributed by atoms with Gasteiger partial charge in [0.15, 0.2) is 0 Å². The summed E-state index contributed by atoms with van der Waals surface area (Å²) in [4.78, 5) is 26.7. The lowest BCUT2D eigenvalue weighted by Gasteiger charge is -2.36. The van der Waals surface area contributed by atoms with Gasteiger partial charge in [0.25, 0.3) is 0 Å². The van der Waals surface area contributed by atoms with Gasteiger partial charge < -0.3 is 5.32 Å². The maximum absolute atomic E-state index is 12.7. The first-order valence-corrected chi connectivity index (χ1v) is 11.7. The Morgan fingerprint density at radius 1 is 1.00 bits per heavy atom. The smallest absolute Gasteiger partial charge is 0.321 e. The maximum Gasteiger partial charge on any atom is 0.321 e. The molecule has 3 rings (SSSR count). The van der Waals surface area contributed by atoms with Crippen molar-refractivity contribution in [3.05, 3.63) is 30.3 Å². The molecule has 1 heterocycles. The van der Waals surface area contributed by atoms with Crippen LogP contribution < -0.4 is 10.6 Å². The van der Waals surface area contributed by atoms with E-state index < -0.39 is 22.1 Å². The summed E-state index contributed by atoms with van der Waals surface area (Å²) < 4.78 is 26.9. The van der Waals surface area contributed by atoms with Gasteiger partial charge in [0, 0.05) is 32.2 Å². The highest BCUT2D eigenvalue weighted by Crippen LogP contribution is 2.19. The third-order valence-electron chi connectivity index (χ3n) is 5.76. The number of benzene rings is 1. The average Bonchev–Trinajstić information content (AvgIpc) is 2.74. The maximum atomic E-state index is 12.7.